The van der Waals surface area contributed by atoms with E-state index in [4.69, 9.17) is 21.1 Å². The van der Waals surface area contributed by atoms with Gasteiger partial charge in [-0.2, -0.15) is 0 Å². The van der Waals surface area contributed by atoms with Crippen LogP contribution in [0, 0.1) is 10.1 Å². The van der Waals surface area contributed by atoms with E-state index in [-0.39, 0.29) is 22.4 Å². The maximum Gasteiger partial charge on any atom is 0.313 e. The lowest BCUT2D eigenvalue weighted by molar-refractivity contribution is -0.385. The first-order valence-electron chi connectivity index (χ1n) is 8.45. The summed E-state index contributed by atoms with van der Waals surface area (Å²) in [5.74, 6) is 0.636. The summed E-state index contributed by atoms with van der Waals surface area (Å²) < 4.78 is 10.5. The van der Waals surface area contributed by atoms with Crippen molar-refractivity contribution in [1.29, 1.82) is 0 Å². The van der Waals surface area contributed by atoms with Crippen LogP contribution in [-0.4, -0.2) is 22.9 Å². The minimum absolute atomic E-state index is 0.0589. The summed E-state index contributed by atoms with van der Waals surface area (Å²) in [6.45, 7) is 0.311. The van der Waals surface area contributed by atoms with Crippen molar-refractivity contribution in [2.75, 3.05) is 7.11 Å². The monoisotopic (exact) mass is 413 g/mol. The molecule has 1 amide bonds. The highest BCUT2D eigenvalue weighted by atomic mass is 35.5. The molecule has 0 atom stereocenters. The fourth-order valence-electron chi connectivity index (χ4n) is 2.44. The molecule has 0 saturated carbocycles. The number of hydrogen-bond donors (Lipinski definition) is 1. The molecule has 0 aliphatic carbocycles. The lowest BCUT2D eigenvalue weighted by atomic mass is 10.2. The lowest BCUT2D eigenvalue weighted by Gasteiger charge is -2.08. The van der Waals surface area contributed by atoms with E-state index in [0.29, 0.717) is 23.7 Å². The topological polar surface area (TPSA) is 104 Å². The van der Waals surface area contributed by atoms with Crippen LogP contribution in [0.5, 0.6) is 17.4 Å². The number of nitro benzene ring substituents is 1. The first kappa shape index (κ1) is 20.1. The molecule has 8 nitrogen and oxygen atoms in total. The predicted octanol–water partition coefficient (Wildman–Crippen LogP) is 4.37. The number of methoxy groups -OCH3 is 1. The number of amides is 1. The van der Waals surface area contributed by atoms with Crippen LogP contribution in [0.4, 0.5) is 5.69 Å². The number of benzene rings is 2. The van der Waals surface area contributed by atoms with Crippen LogP contribution in [0.15, 0.2) is 60.8 Å². The second-order valence-electron chi connectivity index (χ2n) is 5.89. The average Bonchev–Trinajstić information content (AvgIpc) is 2.74. The number of nitrogens with one attached hydrogen (secondary N) is 1. The van der Waals surface area contributed by atoms with Crippen molar-refractivity contribution in [2.24, 2.45) is 0 Å². The van der Waals surface area contributed by atoms with E-state index in [0.717, 1.165) is 5.56 Å². The van der Waals surface area contributed by atoms with Crippen molar-refractivity contribution < 1.29 is 19.2 Å². The van der Waals surface area contributed by atoms with Crippen molar-refractivity contribution in [3.8, 4) is 17.4 Å². The number of carbonyl (C=O) groups is 1. The number of carbonyl (C=O) groups excluding carboxylic acids is 1. The molecule has 9 heteroatoms. The van der Waals surface area contributed by atoms with Crippen LogP contribution in [0.3, 0.4) is 0 Å². The van der Waals surface area contributed by atoms with E-state index >= 15 is 0 Å². The fourth-order valence-corrected chi connectivity index (χ4v) is 2.61. The zero-order chi connectivity index (χ0) is 20.8. The molecule has 0 saturated heterocycles. The van der Waals surface area contributed by atoms with Gasteiger partial charge < -0.3 is 14.8 Å². The maximum absolute atomic E-state index is 12.3. The molecule has 0 radical (unpaired) electrons. The van der Waals surface area contributed by atoms with Gasteiger partial charge in [0.05, 0.1) is 12.0 Å². The van der Waals surface area contributed by atoms with E-state index in [1.165, 1.54) is 25.3 Å². The first-order chi connectivity index (χ1) is 14.0. The Morgan fingerprint density at radius 1 is 1.17 bits per heavy atom. The molecule has 3 rings (SSSR count). The second kappa shape index (κ2) is 9.03. The summed E-state index contributed by atoms with van der Waals surface area (Å²) in [6, 6.07) is 13.9. The average molecular weight is 414 g/mol. The normalized spacial score (nSPS) is 10.3. The summed E-state index contributed by atoms with van der Waals surface area (Å²) in [4.78, 5) is 26.9. The smallest absolute Gasteiger partial charge is 0.313 e. The molecule has 0 spiro atoms. The SMILES string of the molecule is COc1ccc(CNC(=O)c2ccc(Oc3ccc(Cl)cc3[N+](=O)[O-])cc2)cn1. The van der Waals surface area contributed by atoms with E-state index in [1.54, 1.807) is 36.5 Å². The van der Waals surface area contributed by atoms with Gasteiger partial charge >= 0.3 is 5.69 Å². The van der Waals surface area contributed by atoms with Crippen LogP contribution in [0.25, 0.3) is 0 Å². The number of nitrogens with zero attached hydrogens (tertiary/aromatic N) is 2. The van der Waals surface area contributed by atoms with Gasteiger partial charge in [0, 0.05) is 35.5 Å². The number of nitro groups is 1. The Morgan fingerprint density at radius 2 is 1.93 bits per heavy atom. The highest BCUT2D eigenvalue weighted by molar-refractivity contribution is 6.30. The Morgan fingerprint density at radius 3 is 2.55 bits per heavy atom. The molecular weight excluding hydrogens is 398 g/mol. The molecule has 1 N–H and O–H groups in total. The van der Waals surface area contributed by atoms with Gasteiger partial charge in [-0.15, -0.1) is 0 Å². The fraction of sp³-hybridized carbons (Fsp3) is 0.100. The third-order valence-corrected chi connectivity index (χ3v) is 4.16. The third-order valence-electron chi connectivity index (χ3n) is 3.92. The molecule has 29 heavy (non-hydrogen) atoms. The van der Waals surface area contributed by atoms with Gasteiger partial charge in [0.1, 0.15) is 5.75 Å². The lowest BCUT2D eigenvalue weighted by Crippen LogP contribution is -2.22. The highest BCUT2D eigenvalue weighted by Crippen LogP contribution is 2.33. The van der Waals surface area contributed by atoms with Crippen molar-refractivity contribution in [3.63, 3.8) is 0 Å². The second-order valence-corrected chi connectivity index (χ2v) is 6.32. The molecule has 0 aliphatic rings. The zero-order valence-electron chi connectivity index (χ0n) is 15.3. The van der Waals surface area contributed by atoms with E-state index in [1.807, 2.05) is 6.07 Å². The number of halogens is 1. The molecule has 1 aromatic heterocycles. The molecule has 1 heterocycles. The minimum atomic E-state index is -0.572. The quantitative estimate of drug-likeness (QED) is 0.455. The summed E-state index contributed by atoms with van der Waals surface area (Å²) >= 11 is 5.79. The van der Waals surface area contributed by atoms with Crippen LogP contribution < -0.4 is 14.8 Å². The van der Waals surface area contributed by atoms with Crippen molar-refractivity contribution in [3.05, 3.63) is 87.1 Å². The standard InChI is InChI=1S/C20H16ClN3O5/c1-28-19-9-2-13(11-22-19)12-23-20(25)14-3-6-16(7-4-14)29-18-8-5-15(21)10-17(18)24(26)27/h2-11H,12H2,1H3,(H,23,25). The van der Waals surface area contributed by atoms with E-state index in [9.17, 15) is 14.9 Å². The molecule has 0 aliphatic heterocycles. The summed E-state index contributed by atoms with van der Waals surface area (Å²) in [7, 11) is 1.53. The number of pyridine rings is 1. The summed E-state index contributed by atoms with van der Waals surface area (Å²) in [6.07, 6.45) is 1.62. The molecule has 148 valence electrons. The largest absolute Gasteiger partial charge is 0.481 e. The van der Waals surface area contributed by atoms with E-state index < -0.39 is 4.92 Å². The number of ether oxygens (including phenoxy) is 2. The molecule has 0 bridgehead atoms. The number of rotatable bonds is 7. The van der Waals surface area contributed by atoms with Crippen LogP contribution in [0.2, 0.25) is 5.02 Å². The molecule has 2 aromatic carbocycles. The van der Waals surface area contributed by atoms with Crippen LogP contribution in [-0.2, 0) is 6.54 Å². The molecule has 3 aromatic rings. The summed E-state index contributed by atoms with van der Waals surface area (Å²) in [5, 5.41) is 14.2. The van der Waals surface area contributed by atoms with Crippen LogP contribution >= 0.6 is 11.6 Å². The first-order valence-corrected chi connectivity index (χ1v) is 8.83. The zero-order valence-corrected chi connectivity index (χ0v) is 16.1. The van der Waals surface area contributed by atoms with Gasteiger partial charge in [-0.3, -0.25) is 14.9 Å². The van der Waals surface area contributed by atoms with Gasteiger partial charge in [-0.1, -0.05) is 17.7 Å². The van der Waals surface area contributed by atoms with Crippen LogP contribution in [0.1, 0.15) is 15.9 Å². The Bertz CT molecular complexity index is 1020. The molecule has 0 fully saturated rings. The number of hydrogen-bond acceptors (Lipinski definition) is 6. The molecular formula is C20H16ClN3O5. The van der Waals surface area contributed by atoms with Crippen molar-refractivity contribution in [1.82, 2.24) is 10.3 Å². The van der Waals surface area contributed by atoms with Gasteiger partial charge in [0.25, 0.3) is 5.91 Å². The van der Waals surface area contributed by atoms with E-state index in [2.05, 4.69) is 10.3 Å². The predicted molar refractivity (Wildman–Crippen MR) is 107 cm³/mol. The van der Waals surface area contributed by atoms with Crippen molar-refractivity contribution in [2.45, 2.75) is 6.54 Å². The van der Waals surface area contributed by atoms with Gasteiger partial charge in [-0.25, -0.2) is 4.98 Å². The number of aromatic nitrogens is 1. The van der Waals surface area contributed by atoms with Gasteiger partial charge in [0.15, 0.2) is 0 Å². The Hall–Kier alpha value is -3.65. The van der Waals surface area contributed by atoms with Crippen molar-refractivity contribution >= 4 is 23.2 Å². The van der Waals surface area contributed by atoms with Gasteiger partial charge in [-0.05, 0) is 42.0 Å². The third kappa shape index (κ3) is 5.20. The Balaban J connectivity index is 1.63. The summed E-state index contributed by atoms with van der Waals surface area (Å²) in [5.41, 5.74) is 1.01. The molecule has 0 unspecified atom stereocenters. The minimum Gasteiger partial charge on any atom is -0.481 e. The van der Waals surface area contributed by atoms with Gasteiger partial charge in [0.2, 0.25) is 11.6 Å². The highest BCUT2D eigenvalue weighted by Gasteiger charge is 2.16. The Kier molecular flexibility index (Phi) is 6.25. The maximum atomic E-state index is 12.3. The Labute approximate surface area is 171 Å².